The molecule has 0 radical (unpaired) electrons. The van der Waals surface area contributed by atoms with Gasteiger partial charge in [0.1, 0.15) is 0 Å². The summed E-state index contributed by atoms with van der Waals surface area (Å²) in [7, 11) is 0. The van der Waals surface area contributed by atoms with Crippen LogP contribution in [0, 0.1) is 0 Å². The first kappa shape index (κ1) is 35.3. The van der Waals surface area contributed by atoms with Gasteiger partial charge in [-0.15, -0.1) is 0 Å². The van der Waals surface area contributed by atoms with E-state index < -0.39 is 0 Å². The molecule has 0 aromatic heterocycles. The highest BCUT2D eigenvalue weighted by Gasteiger charge is 2.42. The Labute approximate surface area is 255 Å². The molecular formula is C27H50N4O6S3. The van der Waals surface area contributed by atoms with Gasteiger partial charge in [-0.3, -0.25) is 9.59 Å². The lowest BCUT2D eigenvalue weighted by molar-refractivity contribution is -0.122. The molecule has 0 aliphatic carbocycles. The number of carbonyl (C=O) groups excluding carboxylic acids is 3. The first-order chi connectivity index (χ1) is 19.5. The number of unbranched alkanes of at least 4 members (excludes halogenated alkanes) is 2. The maximum atomic E-state index is 12.0. The Kier molecular flexibility index (Phi) is 20.1. The van der Waals surface area contributed by atoms with E-state index in [1.54, 1.807) is 0 Å². The lowest BCUT2D eigenvalue weighted by atomic mass is 10.0. The Morgan fingerprint density at radius 1 is 0.850 bits per heavy atom. The second kappa shape index (κ2) is 22.7. The topological polar surface area (TPSA) is 127 Å². The van der Waals surface area contributed by atoms with Crippen LogP contribution in [0.25, 0.3) is 0 Å². The molecule has 2 heterocycles. The van der Waals surface area contributed by atoms with Crippen molar-refractivity contribution in [1.82, 2.24) is 21.3 Å². The Bertz CT molecular complexity index is 724. The molecule has 0 aromatic carbocycles. The van der Waals surface area contributed by atoms with E-state index in [1.165, 1.54) is 0 Å². The summed E-state index contributed by atoms with van der Waals surface area (Å²) in [5.41, 5.74) is 0. The van der Waals surface area contributed by atoms with Gasteiger partial charge in [0.15, 0.2) is 0 Å². The Morgan fingerprint density at radius 3 is 2.23 bits per heavy atom. The van der Waals surface area contributed by atoms with Crippen LogP contribution in [0.2, 0.25) is 0 Å². The molecule has 0 aromatic rings. The minimum absolute atomic E-state index is 0.0480. The predicted octanol–water partition coefficient (Wildman–Crippen LogP) is 2.56. The highest BCUT2D eigenvalue weighted by molar-refractivity contribution is 8.00. The van der Waals surface area contributed by atoms with E-state index >= 15 is 0 Å². The zero-order valence-electron chi connectivity index (χ0n) is 23.7. The van der Waals surface area contributed by atoms with E-state index in [1.807, 2.05) is 11.8 Å². The number of thiol groups is 2. The number of ether oxygens (including phenoxy) is 3. The Morgan fingerprint density at radius 2 is 1.50 bits per heavy atom. The molecule has 0 spiro atoms. The van der Waals surface area contributed by atoms with Crippen LogP contribution < -0.4 is 21.3 Å². The smallest absolute Gasteiger partial charge is 0.315 e. The van der Waals surface area contributed by atoms with Gasteiger partial charge in [0.05, 0.1) is 45.1 Å². The molecule has 2 saturated heterocycles. The lowest BCUT2D eigenvalue weighted by Gasteiger charge is -2.16. The van der Waals surface area contributed by atoms with Gasteiger partial charge in [-0.2, -0.15) is 37.0 Å². The molecule has 2 rings (SSSR count). The average molecular weight is 623 g/mol. The molecule has 40 heavy (non-hydrogen) atoms. The first-order valence-electron chi connectivity index (χ1n) is 14.7. The molecule has 2 fully saturated rings. The van der Waals surface area contributed by atoms with Gasteiger partial charge in [-0.05, 0) is 44.3 Å². The molecule has 4 atom stereocenters. The minimum Gasteiger partial charge on any atom is -0.379 e. The normalized spacial score (nSPS) is 20.6. The summed E-state index contributed by atoms with van der Waals surface area (Å²) in [6.45, 7) is 4.11. The summed E-state index contributed by atoms with van der Waals surface area (Å²) in [4.78, 5) is 35.3. The Hall–Kier alpha value is -0.860. The molecule has 10 nitrogen and oxygen atoms in total. The molecule has 0 bridgehead atoms. The number of hydrogen-bond donors (Lipinski definition) is 6. The number of carbonyl (C=O) groups is 3. The monoisotopic (exact) mass is 622 g/mol. The van der Waals surface area contributed by atoms with Gasteiger partial charge in [0, 0.05) is 48.8 Å². The van der Waals surface area contributed by atoms with Gasteiger partial charge in [0.2, 0.25) is 11.8 Å². The van der Waals surface area contributed by atoms with Crippen molar-refractivity contribution in [3.8, 4) is 0 Å². The van der Waals surface area contributed by atoms with E-state index in [2.05, 4.69) is 46.5 Å². The van der Waals surface area contributed by atoms with Crippen LogP contribution >= 0.6 is 37.0 Å². The van der Waals surface area contributed by atoms with Crippen molar-refractivity contribution in [3.05, 3.63) is 0 Å². The van der Waals surface area contributed by atoms with Crippen LogP contribution in [0.5, 0.6) is 0 Å². The summed E-state index contributed by atoms with van der Waals surface area (Å²) < 4.78 is 16.5. The van der Waals surface area contributed by atoms with Crippen molar-refractivity contribution >= 4 is 54.9 Å². The summed E-state index contributed by atoms with van der Waals surface area (Å²) >= 11 is 10.6. The highest BCUT2D eigenvalue weighted by atomic mass is 32.2. The maximum Gasteiger partial charge on any atom is 0.315 e. The number of nitrogens with one attached hydrogen (secondary N) is 4. The average Bonchev–Trinajstić information content (AvgIpc) is 3.48. The van der Waals surface area contributed by atoms with E-state index in [0.29, 0.717) is 76.1 Å². The van der Waals surface area contributed by atoms with E-state index in [9.17, 15) is 14.4 Å². The van der Waals surface area contributed by atoms with Gasteiger partial charge in [-0.25, -0.2) is 4.79 Å². The molecule has 1 unspecified atom stereocenters. The van der Waals surface area contributed by atoms with Crippen LogP contribution in [0.15, 0.2) is 0 Å². The van der Waals surface area contributed by atoms with Gasteiger partial charge in [-0.1, -0.05) is 12.8 Å². The van der Waals surface area contributed by atoms with E-state index in [0.717, 1.165) is 62.9 Å². The highest BCUT2D eigenvalue weighted by Crippen LogP contribution is 2.33. The quantitative estimate of drug-likeness (QED) is 0.0525. The molecule has 2 aliphatic rings. The molecule has 4 N–H and O–H groups in total. The number of amides is 4. The minimum atomic E-state index is -0.0574. The zero-order chi connectivity index (χ0) is 28.8. The van der Waals surface area contributed by atoms with Crippen LogP contribution in [-0.4, -0.2) is 105 Å². The van der Waals surface area contributed by atoms with Crippen LogP contribution in [0.3, 0.4) is 0 Å². The Balaban J connectivity index is 1.25. The lowest BCUT2D eigenvalue weighted by Crippen LogP contribution is -2.36. The maximum absolute atomic E-state index is 12.0. The van der Waals surface area contributed by atoms with Crippen molar-refractivity contribution < 1.29 is 28.6 Å². The largest absolute Gasteiger partial charge is 0.379 e. The molecule has 232 valence electrons. The third kappa shape index (κ3) is 16.5. The number of hydrogen-bond acceptors (Lipinski definition) is 9. The fraction of sp³-hybridized carbons (Fsp3) is 0.889. The molecule has 4 amide bonds. The van der Waals surface area contributed by atoms with Crippen LogP contribution in [0.1, 0.15) is 64.2 Å². The fourth-order valence-electron chi connectivity index (χ4n) is 4.62. The number of fused-ring (bicyclic) bond motifs is 1. The summed E-state index contributed by atoms with van der Waals surface area (Å²) in [5.74, 6) is 1.96. The zero-order valence-corrected chi connectivity index (χ0v) is 26.3. The van der Waals surface area contributed by atoms with E-state index in [4.69, 9.17) is 14.2 Å². The van der Waals surface area contributed by atoms with Gasteiger partial charge in [0.25, 0.3) is 0 Å². The first-order valence-corrected chi connectivity index (χ1v) is 16.9. The third-order valence-corrected chi connectivity index (χ3v) is 9.12. The van der Waals surface area contributed by atoms with Crippen LogP contribution in [0.4, 0.5) is 4.79 Å². The molecule has 0 saturated carbocycles. The summed E-state index contributed by atoms with van der Waals surface area (Å²) in [6.07, 6.45) is 8.64. The number of thioether (sulfide) groups is 1. The van der Waals surface area contributed by atoms with Crippen molar-refractivity contribution in [3.63, 3.8) is 0 Å². The number of rotatable bonds is 25. The van der Waals surface area contributed by atoms with E-state index in [-0.39, 0.29) is 29.9 Å². The number of urea groups is 1. The van der Waals surface area contributed by atoms with Crippen molar-refractivity contribution in [2.45, 2.75) is 86.8 Å². The molecule has 13 heteroatoms. The second-order valence-corrected chi connectivity index (χ2v) is 12.6. The summed E-state index contributed by atoms with van der Waals surface area (Å²) in [6, 6.07) is 0.422. The van der Waals surface area contributed by atoms with Crippen LogP contribution in [-0.2, 0) is 23.8 Å². The standard InChI is InChI=1S/C27H50N4O6S3/c32-24(8-3-1-6-21(39)10-19-38)28-11-5-13-35-15-17-37-18-16-36-14-12-29-25(33)9-4-2-7-23-26-22(20-40-23)30-27(34)31-26/h21-23,26,38-39H,1-20H2,(H,28,32)(H,29,33)(H2,30,31,34)/t21?,22-,23-,26-/m0/s1. The predicted molar refractivity (Wildman–Crippen MR) is 167 cm³/mol. The third-order valence-electron chi connectivity index (χ3n) is 6.83. The summed E-state index contributed by atoms with van der Waals surface area (Å²) in [5, 5.41) is 12.6. The molecular weight excluding hydrogens is 573 g/mol. The molecule has 2 aliphatic heterocycles. The SMILES string of the molecule is O=C(CCCCC(S)CCS)NCCCOCCOCCOCCNC(=O)CCCC[C@@H]1SC[C@@H]2NC(=O)N[C@@H]21. The van der Waals surface area contributed by atoms with Gasteiger partial charge >= 0.3 is 6.03 Å². The van der Waals surface area contributed by atoms with Crippen molar-refractivity contribution in [1.29, 1.82) is 0 Å². The van der Waals surface area contributed by atoms with Gasteiger partial charge < -0.3 is 35.5 Å². The van der Waals surface area contributed by atoms with Crippen molar-refractivity contribution in [2.24, 2.45) is 0 Å². The fourth-order valence-corrected chi connectivity index (χ4v) is 6.99. The second-order valence-electron chi connectivity index (χ2n) is 10.2. The van der Waals surface area contributed by atoms with Crippen molar-refractivity contribution in [2.75, 3.05) is 64.2 Å².